The third-order valence-corrected chi connectivity index (χ3v) is 9.08. The van der Waals surface area contributed by atoms with Gasteiger partial charge in [-0.2, -0.15) is 5.10 Å². The Morgan fingerprint density at radius 1 is 1.04 bits per heavy atom. The van der Waals surface area contributed by atoms with Crippen molar-refractivity contribution in [1.82, 2.24) is 14.6 Å². The number of carbonyl (C=O) groups excluding carboxylic acids is 1. The molecule has 0 fully saturated rings. The zero-order valence-corrected chi connectivity index (χ0v) is 30.1. The van der Waals surface area contributed by atoms with Gasteiger partial charge >= 0.3 is 5.97 Å². The molecular formula is C41H43ClN4O4. The summed E-state index contributed by atoms with van der Waals surface area (Å²) in [6, 6.07) is 22.6. The van der Waals surface area contributed by atoms with Crippen LogP contribution in [0.15, 0.2) is 92.0 Å². The highest BCUT2D eigenvalue weighted by Gasteiger charge is 2.35. The number of halogens is 1. The fraction of sp³-hybridized carbons (Fsp3) is 0.293. The van der Waals surface area contributed by atoms with Crippen LogP contribution in [0.4, 0.5) is 5.69 Å². The van der Waals surface area contributed by atoms with Crippen molar-refractivity contribution < 1.29 is 19.0 Å². The molecule has 50 heavy (non-hydrogen) atoms. The first kappa shape index (κ1) is 34.9. The minimum atomic E-state index is -1.11. The van der Waals surface area contributed by atoms with Crippen LogP contribution < -0.4 is 9.64 Å². The molecule has 2 aromatic heterocycles. The maximum absolute atomic E-state index is 13.5. The molecule has 0 saturated heterocycles. The van der Waals surface area contributed by atoms with Crippen LogP contribution in [0.5, 0.6) is 5.75 Å². The number of esters is 1. The normalized spacial score (nSPS) is 13.4. The van der Waals surface area contributed by atoms with Gasteiger partial charge in [0.15, 0.2) is 11.8 Å². The van der Waals surface area contributed by atoms with E-state index >= 15 is 0 Å². The number of fused-ring (bicyclic) bond motifs is 2. The second-order valence-electron chi connectivity index (χ2n) is 13.3. The van der Waals surface area contributed by atoms with E-state index in [-0.39, 0.29) is 0 Å². The summed E-state index contributed by atoms with van der Waals surface area (Å²) in [5.74, 6) is 0.128. The van der Waals surface area contributed by atoms with E-state index in [0.29, 0.717) is 58.6 Å². The molecule has 1 atom stereocenters. The highest BCUT2D eigenvalue weighted by Crippen LogP contribution is 2.46. The second-order valence-corrected chi connectivity index (χ2v) is 13.7. The first-order valence-corrected chi connectivity index (χ1v) is 17.2. The van der Waals surface area contributed by atoms with Crippen LogP contribution in [0.25, 0.3) is 39.3 Å². The van der Waals surface area contributed by atoms with E-state index < -0.39 is 17.7 Å². The molecule has 9 heteroatoms. The number of aryl methyl sites for hydroxylation is 2. The maximum Gasteiger partial charge on any atom is 0.339 e. The number of rotatable bonds is 11. The highest BCUT2D eigenvalue weighted by atomic mass is 35.5. The van der Waals surface area contributed by atoms with E-state index in [0.717, 1.165) is 35.3 Å². The Morgan fingerprint density at radius 3 is 2.56 bits per heavy atom. The lowest BCUT2D eigenvalue weighted by molar-refractivity contribution is -0.164. The molecule has 5 aromatic rings. The summed E-state index contributed by atoms with van der Waals surface area (Å²) >= 11 is 7.35. The van der Waals surface area contributed by atoms with E-state index in [2.05, 4.69) is 54.5 Å². The summed E-state index contributed by atoms with van der Waals surface area (Å²) in [6.07, 6.45) is 4.48. The van der Waals surface area contributed by atoms with Crippen molar-refractivity contribution >= 4 is 28.9 Å². The first-order valence-electron chi connectivity index (χ1n) is 16.8. The molecule has 0 N–H and O–H groups in total. The van der Waals surface area contributed by atoms with Gasteiger partial charge in [0.25, 0.3) is 0 Å². The lowest BCUT2D eigenvalue weighted by Crippen LogP contribution is -2.33. The zero-order chi connectivity index (χ0) is 35.6. The first-order chi connectivity index (χ1) is 24.0. The lowest BCUT2D eigenvalue weighted by atomic mass is 9.95. The standard InChI is InChI=1S/C41H43ClN4O4/c1-8-10-14-27-15-11-12-18-30(27)28-16-13-17-29(24-28)32-25-34-43-26(3)35(39(40(47)48-7)50-41(4,5)6)37(46(34)44-32)31-19-20-33-38(36(31)42)45(21-9-2)22-23-49-33/h8-9,11-13,15-20,24-25,39H,1-2,10,14,21-23H2,3-7H3/t39-/m0/s1. The molecule has 8 nitrogen and oxygen atoms in total. The number of benzene rings is 3. The van der Waals surface area contributed by atoms with Gasteiger partial charge in [0.1, 0.15) is 12.4 Å². The average Bonchev–Trinajstić information content (AvgIpc) is 3.53. The molecule has 0 spiro atoms. The van der Waals surface area contributed by atoms with E-state index in [1.807, 2.05) is 70.2 Å². The second kappa shape index (κ2) is 14.5. The quantitative estimate of drug-likeness (QED) is 0.101. The largest absolute Gasteiger partial charge is 0.490 e. The maximum atomic E-state index is 13.5. The van der Waals surface area contributed by atoms with Crippen molar-refractivity contribution in [3.63, 3.8) is 0 Å². The molecule has 0 amide bonds. The molecule has 3 aromatic carbocycles. The number of methoxy groups -OCH3 is 1. The van der Waals surface area contributed by atoms with Crippen LogP contribution in [0.1, 0.15) is 50.1 Å². The number of allylic oxidation sites excluding steroid dienone is 1. The number of nitrogens with zero attached hydrogens (tertiary/aromatic N) is 4. The van der Waals surface area contributed by atoms with Gasteiger partial charge in [0, 0.05) is 35.0 Å². The summed E-state index contributed by atoms with van der Waals surface area (Å²) in [7, 11) is 1.35. The number of hydrogen-bond donors (Lipinski definition) is 0. The van der Waals surface area contributed by atoms with Crippen LogP contribution in [0.3, 0.4) is 0 Å². The molecule has 0 bridgehead atoms. The van der Waals surface area contributed by atoms with Crippen LogP contribution in [0.2, 0.25) is 5.02 Å². The van der Waals surface area contributed by atoms with Gasteiger partial charge in [0.2, 0.25) is 0 Å². The molecule has 0 unspecified atom stereocenters. The van der Waals surface area contributed by atoms with Gasteiger partial charge in [-0.15, -0.1) is 13.2 Å². The Hall–Kier alpha value is -4.92. The molecule has 1 aliphatic rings. The Morgan fingerprint density at radius 2 is 1.82 bits per heavy atom. The zero-order valence-electron chi connectivity index (χ0n) is 29.3. The summed E-state index contributed by atoms with van der Waals surface area (Å²) in [4.78, 5) is 20.6. The number of carbonyl (C=O) groups is 1. The van der Waals surface area contributed by atoms with Crippen molar-refractivity contribution in [2.24, 2.45) is 0 Å². The van der Waals surface area contributed by atoms with Crippen molar-refractivity contribution in [1.29, 1.82) is 0 Å². The third kappa shape index (κ3) is 6.91. The fourth-order valence-corrected chi connectivity index (χ4v) is 6.88. The van der Waals surface area contributed by atoms with Gasteiger partial charge in [-0.25, -0.2) is 14.3 Å². The summed E-state index contributed by atoms with van der Waals surface area (Å²) < 4.78 is 19.5. The van der Waals surface area contributed by atoms with E-state index in [4.69, 9.17) is 35.9 Å². The van der Waals surface area contributed by atoms with Gasteiger partial charge in [0.05, 0.1) is 41.4 Å². The van der Waals surface area contributed by atoms with Crippen LogP contribution in [-0.4, -0.2) is 53.0 Å². The van der Waals surface area contributed by atoms with E-state index in [1.54, 1.807) is 4.52 Å². The number of ether oxygens (including phenoxy) is 3. The van der Waals surface area contributed by atoms with Gasteiger partial charge in [-0.05, 0) is 75.4 Å². The molecule has 0 aliphatic carbocycles. The monoisotopic (exact) mass is 690 g/mol. The lowest BCUT2D eigenvalue weighted by Gasteiger charge is -2.32. The summed E-state index contributed by atoms with van der Waals surface area (Å²) in [5, 5.41) is 5.62. The van der Waals surface area contributed by atoms with E-state index in [1.165, 1.54) is 18.2 Å². The summed E-state index contributed by atoms with van der Waals surface area (Å²) in [6.45, 7) is 17.2. The predicted molar refractivity (Wildman–Crippen MR) is 201 cm³/mol. The topological polar surface area (TPSA) is 78.2 Å². The molecule has 0 saturated carbocycles. The molecule has 3 heterocycles. The van der Waals surface area contributed by atoms with Crippen molar-refractivity contribution in [2.45, 2.75) is 52.2 Å². The van der Waals surface area contributed by atoms with Gasteiger partial charge in [-0.1, -0.05) is 66.2 Å². The summed E-state index contributed by atoms with van der Waals surface area (Å²) in [5.41, 5.74) is 8.18. The molecule has 1 aliphatic heterocycles. The Balaban J connectivity index is 1.60. The Labute approximate surface area is 299 Å². The van der Waals surface area contributed by atoms with E-state index in [9.17, 15) is 4.79 Å². The third-order valence-electron chi connectivity index (χ3n) is 8.70. The van der Waals surface area contributed by atoms with Crippen molar-refractivity contribution in [3.05, 3.63) is 114 Å². The van der Waals surface area contributed by atoms with Crippen LogP contribution in [0, 0.1) is 6.92 Å². The van der Waals surface area contributed by atoms with Crippen LogP contribution in [-0.2, 0) is 20.7 Å². The van der Waals surface area contributed by atoms with Crippen molar-refractivity contribution in [2.75, 3.05) is 31.7 Å². The smallest absolute Gasteiger partial charge is 0.339 e. The highest BCUT2D eigenvalue weighted by molar-refractivity contribution is 6.36. The number of hydrogen-bond acceptors (Lipinski definition) is 7. The van der Waals surface area contributed by atoms with Crippen molar-refractivity contribution in [3.8, 4) is 39.4 Å². The van der Waals surface area contributed by atoms with Gasteiger partial charge < -0.3 is 19.1 Å². The minimum Gasteiger partial charge on any atom is -0.490 e. The van der Waals surface area contributed by atoms with Crippen LogP contribution >= 0.6 is 11.6 Å². The Kier molecular flexibility index (Phi) is 10.1. The molecular weight excluding hydrogens is 648 g/mol. The average molecular weight is 691 g/mol. The van der Waals surface area contributed by atoms with Gasteiger partial charge in [-0.3, -0.25) is 0 Å². The molecule has 6 rings (SSSR count). The fourth-order valence-electron chi connectivity index (χ4n) is 6.51. The Bertz CT molecular complexity index is 2080. The predicted octanol–water partition coefficient (Wildman–Crippen LogP) is 9.22. The minimum absolute atomic E-state index is 0.465. The number of aromatic nitrogens is 3. The SMILES string of the molecule is C=CCCc1ccccc1-c1cccc(-c2cc3nc(C)c([C@H](OC(C)(C)C)C(=O)OC)c(-c4ccc5c(c4Cl)N(CC=C)CCO5)n3n2)c1. The number of anilines is 1. The molecule has 258 valence electrons. The molecule has 0 radical (unpaired) electrons.